The molecule has 3 rings (SSSR count). The van der Waals surface area contributed by atoms with E-state index in [0.29, 0.717) is 0 Å². The Kier molecular flexibility index (Phi) is 5.44. The summed E-state index contributed by atoms with van der Waals surface area (Å²) in [7, 11) is 3.78. The number of hydrogen-bond acceptors (Lipinski definition) is 4. The van der Waals surface area contributed by atoms with Gasteiger partial charge in [0.15, 0.2) is 0 Å². The molecule has 2 unspecified atom stereocenters. The maximum Gasteiger partial charge on any atom is 0.317 e. The Labute approximate surface area is 155 Å². The molecule has 2 amide bonds. The van der Waals surface area contributed by atoms with E-state index >= 15 is 0 Å². The van der Waals surface area contributed by atoms with Crippen LogP contribution < -0.4 is 10.2 Å². The zero-order valence-corrected chi connectivity index (χ0v) is 16.0. The fourth-order valence-electron chi connectivity index (χ4n) is 3.47. The van der Waals surface area contributed by atoms with Crippen molar-refractivity contribution in [2.75, 3.05) is 25.0 Å². The van der Waals surface area contributed by atoms with Crippen LogP contribution in [0.1, 0.15) is 37.2 Å². The van der Waals surface area contributed by atoms with Gasteiger partial charge in [-0.15, -0.1) is 0 Å². The highest BCUT2D eigenvalue weighted by Crippen LogP contribution is 2.21. The second kappa shape index (κ2) is 7.76. The molecular formula is C19H28N6O. The molecule has 2 atom stereocenters. The number of carbonyl (C=O) groups is 1. The highest BCUT2D eigenvalue weighted by molar-refractivity contribution is 5.74. The number of rotatable bonds is 4. The third kappa shape index (κ3) is 3.98. The van der Waals surface area contributed by atoms with Gasteiger partial charge in [0.1, 0.15) is 5.82 Å². The van der Waals surface area contributed by atoms with Crippen LogP contribution in [0.3, 0.4) is 0 Å². The SMILES string of the molecule is Cc1cc(N2CCCC(NC(=O)N(C)C(C)c3ccccn3)C2)n(C)n1. The minimum Gasteiger partial charge on any atom is -0.355 e. The number of urea groups is 1. The van der Waals surface area contributed by atoms with E-state index in [2.05, 4.69) is 26.4 Å². The maximum absolute atomic E-state index is 12.7. The molecule has 1 saturated heterocycles. The summed E-state index contributed by atoms with van der Waals surface area (Å²) in [6, 6.07) is 7.87. The van der Waals surface area contributed by atoms with E-state index in [9.17, 15) is 4.79 Å². The van der Waals surface area contributed by atoms with E-state index in [1.54, 1.807) is 11.1 Å². The van der Waals surface area contributed by atoms with Gasteiger partial charge in [0.25, 0.3) is 0 Å². The minimum atomic E-state index is -0.0735. The fourth-order valence-corrected chi connectivity index (χ4v) is 3.47. The van der Waals surface area contributed by atoms with Gasteiger partial charge in [-0.25, -0.2) is 4.79 Å². The Hall–Kier alpha value is -2.57. The first-order valence-electron chi connectivity index (χ1n) is 9.15. The Balaban J connectivity index is 1.61. The van der Waals surface area contributed by atoms with Crippen molar-refractivity contribution in [3.05, 3.63) is 41.9 Å². The molecule has 1 fully saturated rings. The summed E-state index contributed by atoms with van der Waals surface area (Å²) in [6.45, 7) is 5.79. The lowest BCUT2D eigenvalue weighted by Crippen LogP contribution is -2.51. The number of aryl methyl sites for hydroxylation is 2. The Bertz CT molecular complexity index is 744. The van der Waals surface area contributed by atoms with Crippen molar-refractivity contribution in [3.8, 4) is 0 Å². The summed E-state index contributed by atoms with van der Waals surface area (Å²) in [5.74, 6) is 1.11. The monoisotopic (exact) mass is 356 g/mol. The molecule has 7 nitrogen and oxygen atoms in total. The van der Waals surface area contributed by atoms with Crippen molar-refractivity contribution < 1.29 is 4.79 Å². The largest absolute Gasteiger partial charge is 0.355 e. The van der Waals surface area contributed by atoms with Gasteiger partial charge >= 0.3 is 6.03 Å². The molecule has 0 aromatic carbocycles. The number of pyridine rings is 1. The zero-order valence-electron chi connectivity index (χ0n) is 16.0. The number of nitrogens with zero attached hydrogens (tertiary/aromatic N) is 5. The second-order valence-electron chi connectivity index (χ2n) is 7.04. The topological polar surface area (TPSA) is 66.3 Å². The number of carbonyl (C=O) groups excluding carboxylic acids is 1. The van der Waals surface area contributed by atoms with Gasteiger partial charge in [0.05, 0.1) is 17.4 Å². The van der Waals surface area contributed by atoms with Gasteiger partial charge in [-0.3, -0.25) is 9.67 Å². The van der Waals surface area contributed by atoms with E-state index < -0.39 is 0 Å². The summed E-state index contributed by atoms with van der Waals surface area (Å²) >= 11 is 0. The molecule has 0 bridgehead atoms. The first-order chi connectivity index (χ1) is 12.5. The van der Waals surface area contributed by atoms with E-state index in [1.807, 2.05) is 50.8 Å². The van der Waals surface area contributed by atoms with Gasteiger partial charge in [-0.2, -0.15) is 5.10 Å². The molecule has 140 valence electrons. The molecule has 2 aromatic rings. The van der Waals surface area contributed by atoms with E-state index in [0.717, 1.165) is 43.1 Å². The van der Waals surface area contributed by atoms with E-state index in [-0.39, 0.29) is 18.1 Å². The lowest BCUT2D eigenvalue weighted by molar-refractivity contribution is 0.187. The molecule has 1 aliphatic heterocycles. The number of aromatic nitrogens is 3. The Morgan fingerprint density at radius 2 is 2.23 bits per heavy atom. The predicted molar refractivity (Wildman–Crippen MR) is 102 cm³/mol. The number of piperidine rings is 1. The third-order valence-corrected chi connectivity index (χ3v) is 5.07. The van der Waals surface area contributed by atoms with Gasteiger partial charge in [-0.05, 0) is 38.8 Å². The molecule has 0 aliphatic carbocycles. The smallest absolute Gasteiger partial charge is 0.317 e. The molecule has 0 radical (unpaired) electrons. The second-order valence-corrected chi connectivity index (χ2v) is 7.04. The molecule has 26 heavy (non-hydrogen) atoms. The van der Waals surface area contributed by atoms with Gasteiger partial charge in [0, 0.05) is 45.5 Å². The first kappa shape index (κ1) is 18.2. The number of amides is 2. The van der Waals surface area contributed by atoms with Crippen LogP contribution in [0.5, 0.6) is 0 Å². The van der Waals surface area contributed by atoms with Crippen molar-refractivity contribution in [2.24, 2.45) is 7.05 Å². The van der Waals surface area contributed by atoms with Gasteiger partial charge in [0.2, 0.25) is 0 Å². The van der Waals surface area contributed by atoms with Crippen LogP contribution in [-0.4, -0.2) is 51.9 Å². The lowest BCUT2D eigenvalue weighted by atomic mass is 10.1. The van der Waals surface area contributed by atoms with E-state index in [4.69, 9.17) is 0 Å². The Morgan fingerprint density at radius 1 is 1.42 bits per heavy atom. The van der Waals surface area contributed by atoms with Crippen molar-refractivity contribution in [1.29, 1.82) is 0 Å². The average molecular weight is 356 g/mol. The van der Waals surface area contributed by atoms with Crippen LogP contribution in [0.15, 0.2) is 30.5 Å². The van der Waals surface area contributed by atoms with Gasteiger partial charge < -0.3 is 15.1 Å². The molecule has 0 spiro atoms. The van der Waals surface area contributed by atoms with Crippen molar-refractivity contribution in [1.82, 2.24) is 25.0 Å². The maximum atomic E-state index is 12.7. The molecule has 2 aromatic heterocycles. The third-order valence-electron chi connectivity index (χ3n) is 5.07. The predicted octanol–water partition coefficient (Wildman–Crippen LogP) is 2.49. The molecular weight excluding hydrogens is 328 g/mol. The van der Waals surface area contributed by atoms with Crippen molar-refractivity contribution in [3.63, 3.8) is 0 Å². The first-order valence-corrected chi connectivity index (χ1v) is 9.15. The molecule has 3 heterocycles. The quantitative estimate of drug-likeness (QED) is 0.914. The number of nitrogens with one attached hydrogen (secondary N) is 1. The van der Waals surface area contributed by atoms with Crippen molar-refractivity contribution >= 4 is 11.8 Å². The van der Waals surface area contributed by atoms with Crippen molar-refractivity contribution in [2.45, 2.75) is 38.8 Å². The molecule has 0 saturated carbocycles. The van der Waals surface area contributed by atoms with Crippen LogP contribution >= 0.6 is 0 Å². The zero-order chi connectivity index (χ0) is 18.7. The van der Waals surface area contributed by atoms with Crippen LogP contribution in [0.2, 0.25) is 0 Å². The summed E-state index contributed by atoms with van der Waals surface area (Å²) in [5, 5.41) is 7.61. The van der Waals surface area contributed by atoms with Gasteiger partial charge in [-0.1, -0.05) is 6.07 Å². The molecule has 1 N–H and O–H groups in total. The normalized spacial score (nSPS) is 18.5. The summed E-state index contributed by atoms with van der Waals surface area (Å²) < 4.78 is 1.91. The fraction of sp³-hybridized carbons (Fsp3) is 0.526. The molecule has 1 aliphatic rings. The van der Waals surface area contributed by atoms with E-state index in [1.165, 1.54) is 0 Å². The lowest BCUT2D eigenvalue weighted by Gasteiger charge is -2.35. The van der Waals surface area contributed by atoms with Crippen LogP contribution in [0.25, 0.3) is 0 Å². The van der Waals surface area contributed by atoms with Crippen LogP contribution in [0.4, 0.5) is 10.6 Å². The standard InChI is InChI=1S/C19H28N6O/c1-14-12-18(24(4)22-14)25-11-7-8-16(13-25)21-19(26)23(3)15(2)17-9-5-6-10-20-17/h5-6,9-10,12,15-16H,7-8,11,13H2,1-4H3,(H,21,26). The minimum absolute atomic E-state index is 0.0591. The number of anilines is 1. The average Bonchev–Trinajstić information content (AvgIpc) is 2.99. The summed E-state index contributed by atoms with van der Waals surface area (Å²) in [6.07, 6.45) is 3.80. The number of hydrogen-bond donors (Lipinski definition) is 1. The Morgan fingerprint density at radius 3 is 2.88 bits per heavy atom. The van der Waals surface area contributed by atoms with Crippen LogP contribution in [-0.2, 0) is 7.05 Å². The highest BCUT2D eigenvalue weighted by atomic mass is 16.2. The summed E-state index contributed by atoms with van der Waals surface area (Å²) in [5.41, 5.74) is 1.90. The highest BCUT2D eigenvalue weighted by Gasteiger charge is 2.26. The van der Waals surface area contributed by atoms with Crippen LogP contribution in [0, 0.1) is 6.92 Å². The summed E-state index contributed by atoms with van der Waals surface area (Å²) in [4.78, 5) is 21.1. The molecule has 7 heteroatoms.